The van der Waals surface area contributed by atoms with Crippen molar-refractivity contribution in [3.05, 3.63) is 76.7 Å². The van der Waals surface area contributed by atoms with E-state index in [-0.39, 0.29) is 33.6 Å². The zero-order chi connectivity index (χ0) is 35.8. The minimum absolute atomic E-state index is 0.0535. The number of ether oxygens (including phenoxy) is 2. The van der Waals surface area contributed by atoms with Gasteiger partial charge in [0.15, 0.2) is 22.3 Å². The molecule has 2 aliphatic heterocycles. The Balaban J connectivity index is 0.000000812. The average molecular weight is 713 g/mol. The number of anilines is 1. The molecule has 2 aliphatic rings. The van der Waals surface area contributed by atoms with E-state index in [1.807, 2.05) is 18.2 Å². The number of carboxylic acids is 2. The minimum Gasteiger partial charge on any atom is -0.478 e. The number of nitrogens with two attached hydrogens (primary N) is 1. The highest BCUT2D eigenvalue weighted by Crippen LogP contribution is 2.40. The van der Waals surface area contributed by atoms with Crippen molar-refractivity contribution in [1.82, 2.24) is 20.2 Å². The highest BCUT2D eigenvalue weighted by Gasteiger charge is 2.54. The van der Waals surface area contributed by atoms with Crippen LogP contribution >= 0.6 is 23.1 Å². The predicted molar refractivity (Wildman–Crippen MR) is 173 cm³/mol. The molecule has 1 fully saturated rings. The number of carboxylic acid groups (broad SMARTS) is 2. The molecule has 19 heteroatoms. The van der Waals surface area contributed by atoms with E-state index in [0.717, 1.165) is 36.2 Å². The molecule has 3 aromatic rings. The van der Waals surface area contributed by atoms with E-state index in [2.05, 4.69) is 20.4 Å². The van der Waals surface area contributed by atoms with Crippen molar-refractivity contribution in [2.45, 2.75) is 38.3 Å². The number of carbonyl (C=O) groups is 6. The number of carbonyl (C=O) groups excluding carboxylic acids is 4. The van der Waals surface area contributed by atoms with Gasteiger partial charge >= 0.3 is 23.9 Å². The average Bonchev–Trinajstić information content (AvgIpc) is 3.48. The number of nitrogens with zero attached hydrogens (tertiary/aromatic N) is 4. The van der Waals surface area contributed by atoms with Crippen molar-refractivity contribution in [2.24, 2.45) is 5.16 Å². The van der Waals surface area contributed by atoms with Crippen LogP contribution in [-0.2, 0) is 33.6 Å². The number of thioether (sulfide) groups is 1. The second-order valence-corrected chi connectivity index (χ2v) is 12.0. The van der Waals surface area contributed by atoms with E-state index in [0.29, 0.717) is 11.3 Å². The second kappa shape index (κ2) is 15.8. The maximum absolute atomic E-state index is 13.3. The standard InChI is InChI=1S/C25H23N5O11S2.C5H5N/c1-9-7-42-22-17(21(34)30(22)18(9)23(35)36)28-20(33)16(13-8-43-25(26)27-13)29-41-19(24(37)38)12-4-5-14(39-10(2)31)15(6-12)40-11(3)32;1-2-4-6-5-3-1/h4-6,8,17,19,22H,7H2,1-3H3,(H2,26,27)(H,28,33)(H,35,36)(H,37,38);1-5H/t17-,19+,22-;/m1./s1. The molecular formula is C30H28N6O11S2. The Morgan fingerprint density at radius 1 is 1.06 bits per heavy atom. The van der Waals surface area contributed by atoms with Crippen LogP contribution in [-0.4, -0.2) is 83.7 Å². The van der Waals surface area contributed by atoms with Crippen LogP contribution in [0.3, 0.4) is 0 Å². The summed E-state index contributed by atoms with van der Waals surface area (Å²) in [4.78, 5) is 87.1. The Bertz CT molecular complexity index is 1820. The fraction of sp³-hybridized carbons (Fsp3) is 0.233. The monoisotopic (exact) mass is 712 g/mol. The lowest BCUT2D eigenvalue weighted by atomic mass is 10.0. The van der Waals surface area contributed by atoms with Crippen LogP contribution in [0.15, 0.2) is 70.6 Å². The number of thiazole rings is 1. The van der Waals surface area contributed by atoms with Gasteiger partial charge in [-0.05, 0) is 36.8 Å². The number of nitrogens with one attached hydrogen (secondary N) is 1. The Morgan fingerprint density at radius 2 is 1.73 bits per heavy atom. The number of aromatic nitrogens is 2. The molecule has 1 aromatic carbocycles. The lowest BCUT2D eigenvalue weighted by Gasteiger charge is -2.49. The molecule has 49 heavy (non-hydrogen) atoms. The third-order valence-electron chi connectivity index (χ3n) is 6.45. The summed E-state index contributed by atoms with van der Waals surface area (Å²) in [5.41, 5.74) is 5.34. The smallest absolute Gasteiger partial charge is 0.352 e. The van der Waals surface area contributed by atoms with Crippen molar-refractivity contribution < 1.29 is 53.3 Å². The molecule has 5 rings (SSSR count). The molecule has 2 aromatic heterocycles. The Labute approximate surface area is 285 Å². The van der Waals surface area contributed by atoms with Gasteiger partial charge in [0.1, 0.15) is 22.8 Å². The number of pyridine rings is 1. The maximum atomic E-state index is 13.3. The van der Waals surface area contributed by atoms with Gasteiger partial charge in [-0.25, -0.2) is 14.6 Å². The van der Waals surface area contributed by atoms with Crippen LogP contribution in [0.5, 0.6) is 11.5 Å². The van der Waals surface area contributed by atoms with Gasteiger partial charge in [0, 0.05) is 42.9 Å². The third-order valence-corrected chi connectivity index (χ3v) is 8.54. The first-order valence-corrected chi connectivity index (χ1v) is 15.9. The summed E-state index contributed by atoms with van der Waals surface area (Å²) in [6.07, 6.45) is 1.64. The first-order valence-electron chi connectivity index (χ1n) is 14.0. The van der Waals surface area contributed by atoms with Gasteiger partial charge in [-0.15, -0.1) is 23.1 Å². The molecule has 4 heterocycles. The Hall–Kier alpha value is -5.82. The summed E-state index contributed by atoms with van der Waals surface area (Å²) in [6.45, 7) is 3.80. The number of fused-ring (bicyclic) bond motifs is 1. The summed E-state index contributed by atoms with van der Waals surface area (Å²) in [7, 11) is 0. The number of hydrogen-bond donors (Lipinski definition) is 4. The van der Waals surface area contributed by atoms with Gasteiger partial charge in [0.2, 0.25) is 6.10 Å². The molecule has 2 amide bonds. The molecule has 256 valence electrons. The van der Waals surface area contributed by atoms with Crippen LogP contribution in [0.1, 0.15) is 38.1 Å². The van der Waals surface area contributed by atoms with E-state index in [9.17, 15) is 39.0 Å². The van der Waals surface area contributed by atoms with Crippen LogP contribution in [0.25, 0.3) is 0 Å². The molecular weight excluding hydrogens is 684 g/mol. The van der Waals surface area contributed by atoms with Crippen molar-refractivity contribution in [3.63, 3.8) is 0 Å². The number of β-lactam (4-membered cyclic amide) rings is 1. The summed E-state index contributed by atoms with van der Waals surface area (Å²) in [5.74, 6) is -6.06. The number of esters is 2. The topological polar surface area (TPSA) is 250 Å². The van der Waals surface area contributed by atoms with E-state index in [4.69, 9.17) is 20.0 Å². The fourth-order valence-corrected chi connectivity index (χ4v) is 6.25. The molecule has 3 atom stereocenters. The zero-order valence-corrected chi connectivity index (χ0v) is 27.5. The predicted octanol–water partition coefficient (Wildman–Crippen LogP) is 1.96. The third kappa shape index (κ3) is 8.76. The van der Waals surface area contributed by atoms with E-state index < -0.39 is 58.9 Å². The van der Waals surface area contributed by atoms with Crippen LogP contribution in [0.2, 0.25) is 0 Å². The first-order chi connectivity index (χ1) is 23.3. The number of hydrogen-bond acceptors (Lipinski definition) is 15. The van der Waals surface area contributed by atoms with Crippen LogP contribution in [0, 0.1) is 0 Å². The summed E-state index contributed by atoms with van der Waals surface area (Å²) >= 11 is 2.21. The SMILES string of the molecule is CC(=O)Oc1ccc([C@H](ON=C(C(=O)N[C@@H]2C(=O)N3C(C(=O)O)=C(C)CS[C@H]23)c2csc(N)n2)C(=O)O)cc1OC(C)=O.c1ccncc1. The summed E-state index contributed by atoms with van der Waals surface area (Å²) in [6, 6.07) is 8.09. The highest BCUT2D eigenvalue weighted by atomic mass is 32.2. The van der Waals surface area contributed by atoms with Gasteiger partial charge < -0.3 is 35.6 Å². The summed E-state index contributed by atoms with van der Waals surface area (Å²) in [5, 5.41) is 26.3. The second-order valence-electron chi connectivity index (χ2n) is 10.0. The van der Waals surface area contributed by atoms with Gasteiger partial charge in [-0.2, -0.15) is 0 Å². The minimum atomic E-state index is -1.86. The van der Waals surface area contributed by atoms with Crippen molar-refractivity contribution >= 4 is 69.6 Å². The Morgan fingerprint density at radius 3 is 2.27 bits per heavy atom. The van der Waals surface area contributed by atoms with Crippen LogP contribution in [0.4, 0.5) is 5.13 Å². The molecule has 0 radical (unpaired) electrons. The number of oxime groups is 1. The van der Waals surface area contributed by atoms with Gasteiger partial charge in [0.25, 0.3) is 11.8 Å². The van der Waals surface area contributed by atoms with E-state index in [1.165, 1.54) is 29.3 Å². The molecule has 1 saturated heterocycles. The van der Waals surface area contributed by atoms with Crippen molar-refractivity contribution in [2.75, 3.05) is 11.5 Å². The maximum Gasteiger partial charge on any atom is 0.352 e. The Kier molecular flexibility index (Phi) is 11.7. The quantitative estimate of drug-likeness (QED) is 0.0771. The zero-order valence-electron chi connectivity index (χ0n) is 25.9. The fourth-order valence-electron chi connectivity index (χ4n) is 4.41. The number of nitrogen functional groups attached to an aromatic ring is 1. The number of amides is 2. The summed E-state index contributed by atoms with van der Waals surface area (Å²) < 4.78 is 10.0. The van der Waals surface area contributed by atoms with Gasteiger partial charge in [-0.3, -0.25) is 29.1 Å². The first kappa shape index (κ1) is 36.0. The molecule has 5 N–H and O–H groups in total. The highest BCUT2D eigenvalue weighted by molar-refractivity contribution is 8.00. The van der Waals surface area contributed by atoms with Gasteiger partial charge in [-0.1, -0.05) is 17.3 Å². The largest absolute Gasteiger partial charge is 0.478 e. The molecule has 0 aliphatic carbocycles. The molecule has 0 bridgehead atoms. The normalized spacial score (nSPS) is 17.3. The number of benzene rings is 1. The van der Waals surface area contributed by atoms with Crippen molar-refractivity contribution in [3.8, 4) is 11.5 Å². The number of aliphatic carboxylic acids is 2. The lowest BCUT2D eigenvalue weighted by Crippen LogP contribution is -2.71. The van der Waals surface area contributed by atoms with E-state index in [1.54, 1.807) is 19.3 Å². The molecule has 17 nitrogen and oxygen atoms in total. The van der Waals surface area contributed by atoms with E-state index >= 15 is 0 Å². The molecule has 0 saturated carbocycles. The molecule has 0 unspecified atom stereocenters. The molecule has 0 spiro atoms. The number of rotatable bonds is 10. The van der Waals surface area contributed by atoms with Crippen LogP contribution < -0.4 is 20.5 Å². The lowest BCUT2D eigenvalue weighted by molar-refractivity contribution is -0.151. The van der Waals surface area contributed by atoms with Crippen molar-refractivity contribution in [1.29, 1.82) is 0 Å². The van der Waals surface area contributed by atoms with Gasteiger partial charge in [0.05, 0.1) is 0 Å².